The van der Waals surface area contributed by atoms with Crippen LogP contribution in [0, 0.1) is 17.8 Å². The normalized spacial score (nSPS) is 23.5. The zero-order chi connectivity index (χ0) is 36.6. The molecule has 0 unspecified atom stereocenters. The summed E-state index contributed by atoms with van der Waals surface area (Å²) in [6, 6.07) is 14.3. The summed E-state index contributed by atoms with van der Waals surface area (Å²) in [7, 11) is 0. The lowest BCUT2D eigenvalue weighted by Gasteiger charge is -2.42. The fourth-order valence-corrected chi connectivity index (χ4v) is 7.66. The fraction of sp³-hybridized carbons (Fsp3) is 0.263. The Bertz CT molecular complexity index is 2080. The molecule has 4 atom stereocenters. The molecule has 51 heavy (non-hydrogen) atoms. The molecule has 2 amide bonds. The number of fused-ring (bicyclic) bond motifs is 3. The van der Waals surface area contributed by atoms with Gasteiger partial charge in [-0.1, -0.05) is 48.0 Å². The van der Waals surface area contributed by atoms with Gasteiger partial charge < -0.3 is 9.84 Å². The number of rotatable bonds is 5. The number of Topliss-reactive ketones (excluding diaryl/α,β-unsaturated/α-hetero) is 1. The summed E-state index contributed by atoms with van der Waals surface area (Å²) in [4.78, 5) is 55.3. The largest absolute Gasteiger partial charge is 0.507 e. The summed E-state index contributed by atoms with van der Waals surface area (Å²) in [5.74, 6) is -7.39. The molecule has 1 aliphatic heterocycles. The van der Waals surface area contributed by atoms with Crippen LogP contribution in [-0.2, 0) is 38.1 Å². The first kappa shape index (κ1) is 34.0. The van der Waals surface area contributed by atoms with Crippen LogP contribution in [-0.4, -0.2) is 28.5 Å². The number of alkyl halides is 6. The predicted octanol–water partition coefficient (Wildman–Crippen LogP) is 7.64. The van der Waals surface area contributed by atoms with Crippen molar-refractivity contribution in [1.29, 1.82) is 0 Å². The molecule has 0 aromatic heterocycles. The van der Waals surface area contributed by atoms with Crippen LogP contribution in [0.15, 0.2) is 101 Å². The molecule has 1 heterocycles. The highest BCUT2D eigenvalue weighted by Crippen LogP contribution is 2.57. The highest BCUT2D eigenvalue weighted by molar-refractivity contribution is 6.25. The monoisotopic (exact) mass is 707 g/mol. The number of imide groups is 1. The molecule has 1 saturated heterocycles. The zero-order valence-electron chi connectivity index (χ0n) is 26.6. The standard InChI is InChI=1S/C38H27F6NO6/c1-18-11-30(47)33-28(34(18)48)16-27-24(31(33)25-8-7-23(15-29(25)46)51-17-19-5-3-2-4-6-19)9-10-26-32(27)36(50)45(35(26)49)22-13-20(37(39,40)41)12-21(14-22)38(42,43)44/h2-9,11-15,26-27,31-32,46H,10,16-17H2,1H3/t26-,27+,31+,32-/m0/s1. The maximum absolute atomic E-state index is 14.1. The number of aromatic hydroxyl groups is 1. The van der Waals surface area contributed by atoms with Crippen molar-refractivity contribution in [3.8, 4) is 11.5 Å². The van der Waals surface area contributed by atoms with Gasteiger partial charge in [0.05, 0.1) is 28.7 Å². The second-order valence-electron chi connectivity index (χ2n) is 13.0. The fourth-order valence-electron chi connectivity index (χ4n) is 7.66. The summed E-state index contributed by atoms with van der Waals surface area (Å²) in [6.07, 6.45) is -7.94. The molecule has 3 aromatic rings. The lowest BCUT2D eigenvalue weighted by molar-refractivity contribution is -0.143. The molecule has 13 heteroatoms. The Balaban J connectivity index is 1.29. The van der Waals surface area contributed by atoms with E-state index in [9.17, 15) is 50.6 Å². The quantitative estimate of drug-likeness (QED) is 0.127. The second kappa shape index (κ2) is 12.1. The Morgan fingerprint density at radius 3 is 2.14 bits per heavy atom. The average Bonchev–Trinajstić information content (AvgIpc) is 3.34. The average molecular weight is 708 g/mol. The van der Waals surface area contributed by atoms with Crippen molar-refractivity contribution >= 4 is 29.1 Å². The van der Waals surface area contributed by atoms with Crippen molar-refractivity contribution in [2.75, 3.05) is 4.90 Å². The number of benzene rings is 3. The van der Waals surface area contributed by atoms with Gasteiger partial charge in [-0.05, 0) is 61.6 Å². The van der Waals surface area contributed by atoms with Crippen LogP contribution in [0.4, 0.5) is 32.0 Å². The van der Waals surface area contributed by atoms with Crippen molar-refractivity contribution < 1.29 is 55.4 Å². The van der Waals surface area contributed by atoms with Crippen LogP contribution < -0.4 is 9.64 Å². The molecule has 1 fully saturated rings. The Morgan fingerprint density at radius 1 is 0.843 bits per heavy atom. The lowest BCUT2D eigenvalue weighted by Crippen LogP contribution is -2.39. The molecule has 0 bridgehead atoms. The van der Waals surface area contributed by atoms with Crippen LogP contribution in [0.1, 0.15) is 47.9 Å². The molecular formula is C38H27F6NO6. The van der Waals surface area contributed by atoms with Crippen LogP contribution >= 0.6 is 0 Å². The second-order valence-corrected chi connectivity index (χ2v) is 13.0. The number of ketones is 2. The van der Waals surface area contributed by atoms with Gasteiger partial charge in [-0.3, -0.25) is 19.2 Å². The Morgan fingerprint density at radius 2 is 1.51 bits per heavy atom. The van der Waals surface area contributed by atoms with E-state index in [1.165, 1.54) is 25.1 Å². The van der Waals surface area contributed by atoms with Gasteiger partial charge in [0.1, 0.15) is 18.1 Å². The number of amides is 2. The summed E-state index contributed by atoms with van der Waals surface area (Å²) < 4.78 is 88.1. The molecule has 1 N–H and O–H groups in total. The van der Waals surface area contributed by atoms with Gasteiger partial charge >= 0.3 is 12.4 Å². The number of anilines is 1. The highest BCUT2D eigenvalue weighted by Gasteiger charge is 2.57. The van der Waals surface area contributed by atoms with Crippen molar-refractivity contribution in [2.24, 2.45) is 17.8 Å². The third-order valence-electron chi connectivity index (χ3n) is 9.95. The molecular weight excluding hydrogens is 680 g/mol. The molecule has 4 aliphatic rings. The smallest absolute Gasteiger partial charge is 0.416 e. The number of ether oxygens (including phenoxy) is 1. The molecule has 7 nitrogen and oxygen atoms in total. The number of nitrogens with zero attached hydrogens (tertiary/aromatic N) is 1. The maximum Gasteiger partial charge on any atom is 0.416 e. The number of halogens is 6. The van der Waals surface area contributed by atoms with Crippen LogP contribution in [0.5, 0.6) is 11.5 Å². The van der Waals surface area contributed by atoms with Crippen LogP contribution in [0.2, 0.25) is 0 Å². The lowest BCUT2D eigenvalue weighted by atomic mass is 9.59. The van der Waals surface area contributed by atoms with E-state index in [4.69, 9.17) is 4.74 Å². The van der Waals surface area contributed by atoms with Crippen molar-refractivity contribution in [3.63, 3.8) is 0 Å². The Hall–Kier alpha value is -5.46. The van der Waals surface area contributed by atoms with Crippen molar-refractivity contribution in [3.05, 3.63) is 123 Å². The first-order valence-corrected chi connectivity index (χ1v) is 15.9. The minimum atomic E-state index is -5.22. The van der Waals surface area contributed by atoms with Gasteiger partial charge in [0.25, 0.3) is 0 Å². The van der Waals surface area contributed by atoms with Gasteiger partial charge in [0, 0.05) is 34.3 Å². The van der Waals surface area contributed by atoms with E-state index in [2.05, 4.69) is 0 Å². The number of hydrogen-bond donors (Lipinski definition) is 1. The summed E-state index contributed by atoms with van der Waals surface area (Å²) in [6.45, 7) is 1.64. The predicted molar refractivity (Wildman–Crippen MR) is 169 cm³/mol. The molecule has 3 aliphatic carbocycles. The Kier molecular flexibility index (Phi) is 8.07. The van der Waals surface area contributed by atoms with Gasteiger partial charge in [-0.15, -0.1) is 0 Å². The number of allylic oxidation sites excluding steroid dienone is 6. The number of phenols is 1. The number of phenolic OH excluding ortho intramolecular Hbond substituents is 1. The SMILES string of the molecule is CC1=CC(=O)C2=C(C[C@@H]3C(=CC[C@@H]4C(=O)N(c5cc(C(F)(F)F)cc(C(F)(F)F)c5)C(=O)[C@@H]43)[C@@H]2c2ccc(OCc3ccccc3)cc2O)C1=O. The first-order valence-electron chi connectivity index (χ1n) is 15.9. The number of hydrogen-bond acceptors (Lipinski definition) is 6. The van der Waals surface area contributed by atoms with E-state index >= 15 is 0 Å². The third-order valence-corrected chi connectivity index (χ3v) is 9.95. The van der Waals surface area contributed by atoms with Crippen molar-refractivity contribution in [1.82, 2.24) is 0 Å². The Labute approximate surface area is 286 Å². The zero-order valence-corrected chi connectivity index (χ0v) is 26.6. The molecule has 0 radical (unpaired) electrons. The van der Waals surface area contributed by atoms with E-state index in [0.29, 0.717) is 28.4 Å². The summed E-state index contributed by atoms with van der Waals surface area (Å²) in [5.41, 5.74) is -2.46. The third kappa shape index (κ3) is 5.83. The minimum absolute atomic E-state index is 0.0636. The van der Waals surface area contributed by atoms with Gasteiger partial charge in [0.15, 0.2) is 11.6 Å². The highest BCUT2D eigenvalue weighted by atomic mass is 19.4. The van der Waals surface area contributed by atoms with Gasteiger partial charge in [-0.25, -0.2) is 4.90 Å². The van der Waals surface area contributed by atoms with Gasteiger partial charge in [-0.2, -0.15) is 26.3 Å². The summed E-state index contributed by atoms with van der Waals surface area (Å²) in [5, 5.41) is 11.3. The van der Waals surface area contributed by atoms with Crippen molar-refractivity contribution in [2.45, 2.75) is 44.6 Å². The molecule has 0 saturated carbocycles. The molecule has 7 rings (SSSR count). The first-order chi connectivity index (χ1) is 24.0. The van der Waals surface area contributed by atoms with Gasteiger partial charge in [0.2, 0.25) is 11.8 Å². The minimum Gasteiger partial charge on any atom is -0.507 e. The van der Waals surface area contributed by atoms with Crippen LogP contribution in [0.3, 0.4) is 0 Å². The van der Waals surface area contributed by atoms with E-state index in [1.807, 2.05) is 30.3 Å². The molecule has 262 valence electrons. The van der Waals surface area contributed by atoms with E-state index in [0.717, 1.165) is 5.56 Å². The molecule has 3 aromatic carbocycles. The van der Waals surface area contributed by atoms with E-state index in [1.54, 1.807) is 12.1 Å². The van der Waals surface area contributed by atoms with Crippen LogP contribution in [0.25, 0.3) is 0 Å². The van der Waals surface area contributed by atoms with E-state index in [-0.39, 0.29) is 53.5 Å². The number of carbonyl (C=O) groups is 4. The summed E-state index contributed by atoms with van der Waals surface area (Å²) >= 11 is 0. The maximum atomic E-state index is 14.1. The number of carbonyl (C=O) groups excluding carboxylic acids is 4. The molecule has 0 spiro atoms. The van der Waals surface area contributed by atoms with E-state index < -0.39 is 76.2 Å². The topological polar surface area (TPSA) is 101 Å².